The minimum atomic E-state index is 0.273. The van der Waals surface area contributed by atoms with E-state index in [1.165, 1.54) is 0 Å². The van der Waals surface area contributed by atoms with Gasteiger partial charge >= 0.3 is 0 Å². The Balaban J connectivity index is 1.23. The summed E-state index contributed by atoms with van der Waals surface area (Å²) in [6, 6.07) is 4.06. The van der Waals surface area contributed by atoms with Crippen LogP contribution in [0.1, 0.15) is 12.8 Å². The number of nitrogens with zero attached hydrogens (tertiary/aromatic N) is 5. The predicted molar refractivity (Wildman–Crippen MR) is 97.3 cm³/mol. The monoisotopic (exact) mass is 370 g/mol. The molecular weight excluding hydrogens is 348 g/mol. The standard InChI is InChI=1S/C18H22N6O3/c25-17(12-1-2-12)23-5-7-24(8-6-23)18-21-16(27-22-18)13-3-4-19-15(9-13)20-14-10-26-11-14/h3-4,9,12,14H,1-2,5-8,10-11H2,(H,19,20). The molecule has 3 fully saturated rings. The minimum absolute atomic E-state index is 0.273. The average molecular weight is 370 g/mol. The Labute approximate surface area is 156 Å². The van der Waals surface area contributed by atoms with Crippen molar-refractivity contribution in [1.29, 1.82) is 0 Å². The van der Waals surface area contributed by atoms with E-state index in [0.717, 1.165) is 37.3 Å². The van der Waals surface area contributed by atoms with Gasteiger partial charge in [-0.05, 0) is 30.1 Å². The fraction of sp³-hybridized carbons (Fsp3) is 0.556. The van der Waals surface area contributed by atoms with Gasteiger partial charge in [0.15, 0.2) is 0 Å². The highest BCUT2D eigenvalue weighted by atomic mass is 16.5. The molecule has 142 valence electrons. The first-order valence-corrected chi connectivity index (χ1v) is 9.44. The van der Waals surface area contributed by atoms with Gasteiger partial charge in [0.25, 0.3) is 11.8 Å². The van der Waals surface area contributed by atoms with Gasteiger partial charge in [-0.15, -0.1) is 0 Å². The van der Waals surface area contributed by atoms with Crippen molar-refractivity contribution in [3.8, 4) is 11.5 Å². The smallest absolute Gasteiger partial charge is 0.266 e. The van der Waals surface area contributed by atoms with Crippen molar-refractivity contribution in [2.24, 2.45) is 5.92 Å². The highest BCUT2D eigenvalue weighted by molar-refractivity contribution is 5.81. The van der Waals surface area contributed by atoms with Crippen LogP contribution in [0.3, 0.4) is 0 Å². The van der Waals surface area contributed by atoms with Crippen LogP contribution in [0.2, 0.25) is 0 Å². The molecule has 1 aliphatic carbocycles. The van der Waals surface area contributed by atoms with Crippen LogP contribution in [0, 0.1) is 5.92 Å². The maximum absolute atomic E-state index is 12.2. The number of anilines is 2. The van der Waals surface area contributed by atoms with Crippen LogP contribution in [0.5, 0.6) is 0 Å². The summed E-state index contributed by atoms with van der Waals surface area (Å²) in [7, 11) is 0. The normalized spacial score (nSPS) is 20.4. The number of hydrogen-bond acceptors (Lipinski definition) is 8. The molecule has 2 aliphatic heterocycles. The zero-order valence-electron chi connectivity index (χ0n) is 15.0. The van der Waals surface area contributed by atoms with Gasteiger partial charge in [-0.2, -0.15) is 4.98 Å². The Kier molecular flexibility index (Phi) is 4.16. The van der Waals surface area contributed by atoms with E-state index < -0.39 is 0 Å². The molecule has 2 aromatic rings. The van der Waals surface area contributed by atoms with Crippen molar-refractivity contribution >= 4 is 17.7 Å². The highest BCUT2D eigenvalue weighted by Crippen LogP contribution is 2.31. The number of piperazine rings is 1. The lowest BCUT2D eigenvalue weighted by Crippen LogP contribution is -2.49. The Morgan fingerprint density at radius 1 is 1.19 bits per heavy atom. The summed E-state index contributed by atoms with van der Waals surface area (Å²) >= 11 is 0. The molecule has 0 bridgehead atoms. The van der Waals surface area contributed by atoms with E-state index in [1.807, 2.05) is 17.0 Å². The molecule has 1 saturated carbocycles. The average Bonchev–Trinajstić information content (AvgIpc) is 3.41. The fourth-order valence-electron chi connectivity index (χ4n) is 3.35. The van der Waals surface area contributed by atoms with Crippen molar-refractivity contribution in [2.75, 3.05) is 49.6 Å². The van der Waals surface area contributed by atoms with Gasteiger partial charge in [0, 0.05) is 43.9 Å². The highest BCUT2D eigenvalue weighted by Gasteiger charge is 2.35. The van der Waals surface area contributed by atoms with Gasteiger partial charge in [-0.1, -0.05) is 0 Å². The Bertz CT molecular complexity index is 824. The van der Waals surface area contributed by atoms with Crippen molar-refractivity contribution < 1.29 is 14.1 Å². The summed E-state index contributed by atoms with van der Waals surface area (Å²) in [6.07, 6.45) is 3.82. The van der Waals surface area contributed by atoms with Gasteiger partial charge in [-0.3, -0.25) is 4.79 Å². The summed E-state index contributed by atoms with van der Waals surface area (Å²) in [4.78, 5) is 25.1. The van der Waals surface area contributed by atoms with E-state index in [-0.39, 0.29) is 5.92 Å². The van der Waals surface area contributed by atoms with Crippen LogP contribution < -0.4 is 10.2 Å². The first-order chi connectivity index (χ1) is 13.3. The van der Waals surface area contributed by atoms with Gasteiger partial charge < -0.3 is 24.4 Å². The number of aromatic nitrogens is 3. The third kappa shape index (κ3) is 3.46. The lowest BCUT2D eigenvalue weighted by atomic mass is 10.2. The Morgan fingerprint density at radius 2 is 2.00 bits per heavy atom. The third-order valence-corrected chi connectivity index (χ3v) is 5.21. The Hall–Kier alpha value is -2.68. The molecule has 2 saturated heterocycles. The maximum Gasteiger partial charge on any atom is 0.266 e. The second-order valence-corrected chi connectivity index (χ2v) is 7.29. The quantitative estimate of drug-likeness (QED) is 0.833. The van der Waals surface area contributed by atoms with Crippen LogP contribution in [0.15, 0.2) is 22.9 Å². The summed E-state index contributed by atoms with van der Waals surface area (Å²) < 4.78 is 10.6. The lowest BCUT2D eigenvalue weighted by Gasteiger charge is -2.34. The minimum Gasteiger partial charge on any atom is -0.377 e. The number of carbonyl (C=O) groups excluding carboxylic acids is 1. The molecule has 0 radical (unpaired) electrons. The van der Waals surface area contributed by atoms with Crippen LogP contribution in [-0.4, -0.2) is 71.4 Å². The molecule has 1 N–H and O–H groups in total. The van der Waals surface area contributed by atoms with Gasteiger partial charge in [-0.25, -0.2) is 4.98 Å². The molecule has 9 nitrogen and oxygen atoms in total. The number of hydrogen-bond donors (Lipinski definition) is 1. The number of amides is 1. The second-order valence-electron chi connectivity index (χ2n) is 7.29. The molecule has 0 spiro atoms. The molecular formula is C18H22N6O3. The second kappa shape index (κ2) is 6.80. The largest absolute Gasteiger partial charge is 0.377 e. The fourth-order valence-corrected chi connectivity index (χ4v) is 3.35. The zero-order chi connectivity index (χ0) is 18.2. The van der Waals surface area contributed by atoms with Crippen LogP contribution in [0.25, 0.3) is 11.5 Å². The molecule has 0 aromatic carbocycles. The molecule has 3 aliphatic rings. The van der Waals surface area contributed by atoms with E-state index in [0.29, 0.717) is 50.1 Å². The van der Waals surface area contributed by atoms with E-state index in [9.17, 15) is 4.79 Å². The number of rotatable bonds is 5. The first-order valence-electron chi connectivity index (χ1n) is 9.44. The van der Waals surface area contributed by atoms with E-state index in [2.05, 4.69) is 25.3 Å². The molecule has 0 unspecified atom stereocenters. The topological polar surface area (TPSA) is 96.6 Å². The maximum atomic E-state index is 12.2. The molecule has 27 heavy (non-hydrogen) atoms. The predicted octanol–water partition coefficient (Wildman–Crippen LogP) is 1.00. The van der Waals surface area contributed by atoms with Crippen molar-refractivity contribution in [3.63, 3.8) is 0 Å². The molecule has 5 rings (SSSR count). The summed E-state index contributed by atoms with van der Waals surface area (Å²) in [6.45, 7) is 4.28. The number of ether oxygens (including phenoxy) is 1. The Morgan fingerprint density at radius 3 is 2.70 bits per heavy atom. The third-order valence-electron chi connectivity index (χ3n) is 5.21. The van der Waals surface area contributed by atoms with Crippen molar-refractivity contribution in [1.82, 2.24) is 20.0 Å². The van der Waals surface area contributed by atoms with Gasteiger partial charge in [0.1, 0.15) is 5.82 Å². The van der Waals surface area contributed by atoms with Crippen LogP contribution in [0.4, 0.5) is 11.8 Å². The molecule has 2 aromatic heterocycles. The summed E-state index contributed by atoms with van der Waals surface area (Å²) in [5, 5.41) is 7.44. The zero-order valence-corrected chi connectivity index (χ0v) is 15.0. The number of nitrogens with one attached hydrogen (secondary N) is 1. The van der Waals surface area contributed by atoms with Crippen LogP contribution >= 0.6 is 0 Å². The van der Waals surface area contributed by atoms with Gasteiger partial charge in [0.05, 0.1) is 19.3 Å². The van der Waals surface area contributed by atoms with E-state index in [4.69, 9.17) is 9.26 Å². The molecule has 4 heterocycles. The van der Waals surface area contributed by atoms with E-state index >= 15 is 0 Å². The lowest BCUT2D eigenvalue weighted by molar-refractivity contribution is -0.132. The van der Waals surface area contributed by atoms with E-state index in [1.54, 1.807) is 6.20 Å². The summed E-state index contributed by atoms with van der Waals surface area (Å²) in [5.41, 5.74) is 0.828. The van der Waals surface area contributed by atoms with Crippen molar-refractivity contribution in [2.45, 2.75) is 18.9 Å². The molecule has 0 atom stereocenters. The van der Waals surface area contributed by atoms with Gasteiger partial charge in [0.2, 0.25) is 5.91 Å². The first kappa shape index (κ1) is 16.5. The molecule has 1 amide bonds. The van der Waals surface area contributed by atoms with Crippen LogP contribution in [-0.2, 0) is 9.53 Å². The number of carbonyl (C=O) groups is 1. The number of pyridine rings is 1. The van der Waals surface area contributed by atoms with Crippen molar-refractivity contribution in [3.05, 3.63) is 18.3 Å². The summed E-state index contributed by atoms with van der Waals surface area (Å²) in [5.74, 6) is 2.39. The SMILES string of the molecule is O=C(C1CC1)N1CCN(c2noc(-c3ccnc(NC4COC4)c3)n2)CC1. The molecule has 9 heteroatoms.